The normalized spacial score (nSPS) is 20.2. The van der Waals surface area contributed by atoms with Crippen molar-refractivity contribution in [1.82, 2.24) is 9.55 Å². The van der Waals surface area contributed by atoms with Gasteiger partial charge in [-0.25, -0.2) is 4.98 Å². The summed E-state index contributed by atoms with van der Waals surface area (Å²) in [5.41, 5.74) is 7.58. The first kappa shape index (κ1) is 21.7. The molecule has 3 heterocycles. The van der Waals surface area contributed by atoms with E-state index in [0.29, 0.717) is 5.75 Å². The van der Waals surface area contributed by atoms with Crippen molar-refractivity contribution in [2.24, 2.45) is 0 Å². The minimum absolute atomic E-state index is 0.272. The van der Waals surface area contributed by atoms with Crippen LogP contribution in [-0.4, -0.2) is 46.4 Å². The maximum atomic E-state index is 9.59. The van der Waals surface area contributed by atoms with Gasteiger partial charge in [0, 0.05) is 61.9 Å². The van der Waals surface area contributed by atoms with Crippen LogP contribution in [0, 0.1) is 27.7 Å². The molecular weight excluding hydrogens is 412 g/mol. The third kappa shape index (κ3) is 3.81. The Kier molecular flexibility index (Phi) is 5.26. The van der Waals surface area contributed by atoms with Gasteiger partial charge < -0.3 is 24.2 Å². The van der Waals surface area contributed by atoms with Gasteiger partial charge in [-0.3, -0.25) is 0 Å². The van der Waals surface area contributed by atoms with Crippen LogP contribution in [0.15, 0.2) is 36.7 Å². The molecule has 5 rings (SSSR count). The molecule has 33 heavy (non-hydrogen) atoms. The number of fused-ring (bicyclic) bond motifs is 1. The fourth-order valence-corrected chi connectivity index (χ4v) is 5.52. The first-order valence-electron chi connectivity index (χ1n) is 11.8. The Morgan fingerprint density at radius 3 is 2.24 bits per heavy atom. The smallest absolute Gasteiger partial charge is 0.128 e. The quantitative estimate of drug-likeness (QED) is 0.638. The van der Waals surface area contributed by atoms with Crippen LogP contribution in [0.2, 0.25) is 0 Å². The van der Waals surface area contributed by atoms with E-state index in [0.717, 1.165) is 50.7 Å². The van der Waals surface area contributed by atoms with Gasteiger partial charge in [-0.15, -0.1) is 0 Å². The van der Waals surface area contributed by atoms with Crippen molar-refractivity contribution < 1.29 is 9.84 Å². The van der Waals surface area contributed by atoms with Crippen molar-refractivity contribution in [3.05, 3.63) is 64.7 Å². The van der Waals surface area contributed by atoms with Crippen LogP contribution in [0.1, 0.15) is 35.0 Å². The standard InChI is InChI=1S/C27H34N4O2/c1-18-19(2)26-24(16-27(5,33-26)17-31-11-10-28-21(31)4)20(3)25(18)30-14-12-29(13-15-30)22-6-8-23(32)9-7-22/h6-11,32H,12-17H2,1-5H3. The highest BCUT2D eigenvalue weighted by Crippen LogP contribution is 2.46. The van der Waals surface area contributed by atoms with Gasteiger partial charge in [0.1, 0.15) is 22.9 Å². The monoisotopic (exact) mass is 446 g/mol. The lowest BCUT2D eigenvalue weighted by molar-refractivity contribution is 0.0936. The summed E-state index contributed by atoms with van der Waals surface area (Å²) in [6, 6.07) is 7.53. The molecule has 1 saturated heterocycles. The summed E-state index contributed by atoms with van der Waals surface area (Å²) in [5.74, 6) is 2.42. The minimum Gasteiger partial charge on any atom is -0.508 e. The summed E-state index contributed by atoms with van der Waals surface area (Å²) in [4.78, 5) is 9.32. The van der Waals surface area contributed by atoms with Crippen LogP contribution in [0.4, 0.5) is 11.4 Å². The number of piperazine rings is 1. The molecule has 1 unspecified atom stereocenters. The van der Waals surface area contributed by atoms with Crippen molar-refractivity contribution in [1.29, 1.82) is 0 Å². The Labute approximate surface area is 196 Å². The van der Waals surface area contributed by atoms with Crippen LogP contribution in [0.25, 0.3) is 0 Å². The molecule has 1 N–H and O–H groups in total. The maximum absolute atomic E-state index is 9.59. The number of aromatic nitrogens is 2. The van der Waals surface area contributed by atoms with E-state index < -0.39 is 0 Å². The third-order valence-electron chi connectivity index (χ3n) is 7.48. The second-order valence-electron chi connectivity index (χ2n) is 9.85. The molecule has 0 saturated carbocycles. The lowest BCUT2D eigenvalue weighted by Gasteiger charge is -2.39. The molecule has 6 nitrogen and oxygen atoms in total. The second kappa shape index (κ2) is 8.01. The summed E-state index contributed by atoms with van der Waals surface area (Å²) in [5, 5.41) is 9.59. The molecule has 0 aliphatic carbocycles. The average Bonchev–Trinajstić information content (AvgIpc) is 3.36. The number of hydrogen-bond acceptors (Lipinski definition) is 5. The van der Waals surface area contributed by atoms with Crippen molar-refractivity contribution >= 4 is 11.4 Å². The van der Waals surface area contributed by atoms with Crippen LogP contribution < -0.4 is 14.5 Å². The summed E-state index contributed by atoms with van der Waals surface area (Å²) < 4.78 is 8.83. The number of hydrogen-bond donors (Lipinski definition) is 1. The number of phenolic OH excluding ortho intramolecular Hbond substituents is 1. The number of benzene rings is 2. The Bertz CT molecular complexity index is 1180. The Morgan fingerprint density at radius 1 is 0.939 bits per heavy atom. The van der Waals surface area contributed by atoms with Gasteiger partial charge in [0.05, 0.1) is 6.54 Å². The van der Waals surface area contributed by atoms with E-state index in [9.17, 15) is 5.11 Å². The molecule has 0 radical (unpaired) electrons. The summed E-state index contributed by atoms with van der Waals surface area (Å²) in [6.45, 7) is 15.7. The average molecular weight is 447 g/mol. The number of rotatable bonds is 4. The molecule has 3 aromatic rings. The molecule has 0 spiro atoms. The van der Waals surface area contributed by atoms with E-state index in [1.165, 1.54) is 33.6 Å². The highest BCUT2D eigenvalue weighted by Gasteiger charge is 2.39. The Balaban J connectivity index is 1.38. The maximum Gasteiger partial charge on any atom is 0.128 e. The number of nitrogens with zero attached hydrogens (tertiary/aromatic N) is 4. The molecule has 2 aromatic carbocycles. The topological polar surface area (TPSA) is 53.8 Å². The first-order chi connectivity index (χ1) is 15.8. The van der Waals surface area contributed by atoms with Crippen molar-refractivity contribution in [2.45, 2.75) is 53.2 Å². The number of aryl methyl sites for hydroxylation is 1. The fraction of sp³-hybridized carbons (Fsp3) is 0.444. The Hall–Kier alpha value is -3.15. The van der Waals surface area contributed by atoms with E-state index in [1.807, 2.05) is 31.5 Å². The van der Waals surface area contributed by atoms with E-state index in [2.05, 4.69) is 47.0 Å². The SMILES string of the molecule is Cc1c(C)c(N2CCN(c3ccc(O)cc3)CC2)c(C)c2c1OC(C)(Cn1ccnc1C)C2. The van der Waals surface area contributed by atoms with Gasteiger partial charge in [-0.05, 0) is 75.6 Å². The fourth-order valence-electron chi connectivity index (χ4n) is 5.52. The molecule has 0 bridgehead atoms. The van der Waals surface area contributed by atoms with Gasteiger partial charge in [0.25, 0.3) is 0 Å². The Morgan fingerprint density at radius 2 is 1.61 bits per heavy atom. The van der Waals surface area contributed by atoms with Crippen LogP contribution in [-0.2, 0) is 13.0 Å². The predicted molar refractivity (Wildman–Crippen MR) is 133 cm³/mol. The number of imidazole rings is 1. The molecule has 2 aliphatic rings. The zero-order valence-electron chi connectivity index (χ0n) is 20.4. The van der Waals surface area contributed by atoms with E-state index in [1.54, 1.807) is 12.1 Å². The lowest BCUT2D eigenvalue weighted by Crippen LogP contribution is -2.47. The van der Waals surface area contributed by atoms with Gasteiger partial charge in [0.15, 0.2) is 0 Å². The third-order valence-corrected chi connectivity index (χ3v) is 7.48. The summed E-state index contributed by atoms with van der Waals surface area (Å²) in [6.07, 6.45) is 4.81. The van der Waals surface area contributed by atoms with Crippen molar-refractivity contribution in [3.63, 3.8) is 0 Å². The number of aromatic hydroxyl groups is 1. The molecule has 6 heteroatoms. The number of ether oxygens (including phenoxy) is 1. The van der Waals surface area contributed by atoms with E-state index in [4.69, 9.17) is 4.74 Å². The largest absolute Gasteiger partial charge is 0.508 e. The zero-order valence-corrected chi connectivity index (χ0v) is 20.4. The van der Waals surface area contributed by atoms with E-state index >= 15 is 0 Å². The molecule has 0 amide bonds. The van der Waals surface area contributed by atoms with Crippen molar-refractivity contribution in [2.75, 3.05) is 36.0 Å². The summed E-state index contributed by atoms with van der Waals surface area (Å²) in [7, 11) is 0. The predicted octanol–water partition coefficient (Wildman–Crippen LogP) is 4.54. The van der Waals surface area contributed by atoms with Crippen LogP contribution in [0.5, 0.6) is 11.5 Å². The first-order valence-corrected chi connectivity index (χ1v) is 11.8. The molecule has 1 aromatic heterocycles. The summed E-state index contributed by atoms with van der Waals surface area (Å²) >= 11 is 0. The lowest BCUT2D eigenvalue weighted by atomic mass is 9.91. The van der Waals surface area contributed by atoms with E-state index in [-0.39, 0.29) is 5.60 Å². The number of anilines is 2. The molecule has 1 atom stereocenters. The zero-order chi connectivity index (χ0) is 23.3. The number of phenols is 1. The molecule has 1 fully saturated rings. The van der Waals surface area contributed by atoms with Gasteiger partial charge >= 0.3 is 0 Å². The molecule has 174 valence electrons. The van der Waals surface area contributed by atoms with Gasteiger partial charge in [0.2, 0.25) is 0 Å². The highest BCUT2D eigenvalue weighted by molar-refractivity contribution is 5.70. The van der Waals surface area contributed by atoms with Crippen molar-refractivity contribution in [3.8, 4) is 11.5 Å². The minimum atomic E-state index is -0.272. The van der Waals surface area contributed by atoms with Crippen LogP contribution >= 0.6 is 0 Å². The van der Waals surface area contributed by atoms with Crippen LogP contribution in [0.3, 0.4) is 0 Å². The highest BCUT2D eigenvalue weighted by atomic mass is 16.5. The second-order valence-corrected chi connectivity index (χ2v) is 9.85. The molecular formula is C27H34N4O2. The van der Waals surface area contributed by atoms with Gasteiger partial charge in [-0.2, -0.15) is 0 Å². The van der Waals surface area contributed by atoms with Gasteiger partial charge in [-0.1, -0.05) is 0 Å². The molecule has 2 aliphatic heterocycles.